The Hall–Kier alpha value is -3.58. The lowest BCUT2D eigenvalue weighted by molar-refractivity contribution is 0.305. The van der Waals surface area contributed by atoms with Gasteiger partial charge in [0.05, 0.1) is 35.9 Å². The Morgan fingerprint density at radius 1 is 1.29 bits per heavy atom. The Morgan fingerprint density at radius 3 is 2.87 bits per heavy atom. The van der Waals surface area contributed by atoms with E-state index in [4.69, 9.17) is 21.9 Å². The Morgan fingerprint density at radius 2 is 2.11 bits per heavy atom. The minimum Gasteiger partial charge on any atom is -0.373 e. The molecule has 1 aliphatic rings. The summed E-state index contributed by atoms with van der Waals surface area (Å²) in [6.07, 6.45) is 12.1. The lowest BCUT2D eigenvalue weighted by Gasteiger charge is -2.32. The van der Waals surface area contributed by atoms with Gasteiger partial charge in [0.1, 0.15) is 17.3 Å². The van der Waals surface area contributed by atoms with Gasteiger partial charge in [-0.25, -0.2) is 9.18 Å². The minimum atomic E-state index is -0.440. The van der Waals surface area contributed by atoms with Crippen LogP contribution >= 0.6 is 11.8 Å². The maximum atomic E-state index is 15.3. The van der Waals surface area contributed by atoms with Crippen LogP contribution in [0.25, 0.3) is 28.0 Å². The molecule has 0 saturated carbocycles. The van der Waals surface area contributed by atoms with Crippen molar-refractivity contribution in [2.24, 2.45) is 11.5 Å². The summed E-state index contributed by atoms with van der Waals surface area (Å²) in [6, 6.07) is 8.14. The molecule has 45 heavy (non-hydrogen) atoms. The number of benzene rings is 1. The molecule has 0 unspecified atom stereocenters. The number of piperidine rings is 1. The van der Waals surface area contributed by atoms with Gasteiger partial charge in [0, 0.05) is 40.7 Å². The summed E-state index contributed by atoms with van der Waals surface area (Å²) in [5.41, 5.74) is 15.7. The van der Waals surface area contributed by atoms with Crippen LogP contribution < -0.4 is 27.8 Å². The number of hydrogen-bond acceptors (Lipinski definition) is 8. The van der Waals surface area contributed by atoms with E-state index in [0.717, 1.165) is 61.1 Å². The quantitative estimate of drug-likeness (QED) is 0.0742. The van der Waals surface area contributed by atoms with Crippen molar-refractivity contribution in [2.45, 2.75) is 81.8 Å². The molecule has 1 saturated heterocycles. The summed E-state index contributed by atoms with van der Waals surface area (Å²) in [5, 5.41) is 15.2. The van der Waals surface area contributed by atoms with E-state index >= 15 is 4.39 Å². The number of fused-ring (bicyclic) bond motifs is 1. The molecule has 8 N–H and O–H groups in total. The molecule has 3 atom stereocenters. The van der Waals surface area contributed by atoms with Crippen molar-refractivity contribution in [1.82, 2.24) is 30.2 Å². The highest BCUT2D eigenvalue weighted by atomic mass is 32.2. The monoisotopic (exact) mass is 633 g/mol. The number of aryl methyl sites for hydroxylation is 2. The molecule has 0 radical (unpaired) electrons. The number of halogens is 1. The molecule has 0 spiro atoms. The molecule has 0 amide bonds. The third-order valence-electron chi connectivity index (χ3n) is 8.45. The smallest absolute Gasteiger partial charge is 0.354 e. The summed E-state index contributed by atoms with van der Waals surface area (Å²) in [6.45, 7) is 4.68. The van der Waals surface area contributed by atoms with Gasteiger partial charge in [0.2, 0.25) is 0 Å². The predicted octanol–water partition coefficient (Wildman–Crippen LogP) is 4.71. The van der Waals surface area contributed by atoms with E-state index in [2.05, 4.69) is 20.6 Å². The van der Waals surface area contributed by atoms with E-state index < -0.39 is 5.69 Å². The van der Waals surface area contributed by atoms with Crippen molar-refractivity contribution in [3.05, 3.63) is 69.8 Å². The molecular formula is C33H44FN9OS. The normalized spacial score (nSPS) is 17.5. The first-order valence-electron chi connectivity index (χ1n) is 15.7. The van der Waals surface area contributed by atoms with Crippen LogP contribution in [0.2, 0.25) is 0 Å². The highest BCUT2D eigenvalue weighted by molar-refractivity contribution is 7.98. The van der Waals surface area contributed by atoms with E-state index in [1.54, 1.807) is 31.1 Å². The highest BCUT2D eigenvalue weighted by Crippen LogP contribution is 2.33. The fourth-order valence-electron chi connectivity index (χ4n) is 6.07. The number of amidine groups is 1. The Balaban J connectivity index is 1.39. The lowest BCUT2D eigenvalue weighted by Crippen LogP contribution is -2.40. The van der Waals surface area contributed by atoms with E-state index in [1.807, 2.05) is 37.4 Å². The number of aromatic nitrogens is 4. The topological polar surface area (TPSA) is 164 Å². The Kier molecular flexibility index (Phi) is 10.7. The Labute approximate surface area is 267 Å². The summed E-state index contributed by atoms with van der Waals surface area (Å²) >= 11 is 1.60. The van der Waals surface area contributed by atoms with Gasteiger partial charge in [-0.1, -0.05) is 6.07 Å². The number of hydrogen-bond donors (Lipinski definition) is 6. The number of aromatic amines is 1. The molecule has 1 aromatic carbocycles. The van der Waals surface area contributed by atoms with Crippen molar-refractivity contribution in [1.29, 1.82) is 5.41 Å². The van der Waals surface area contributed by atoms with Gasteiger partial charge in [-0.15, -0.1) is 11.8 Å². The van der Waals surface area contributed by atoms with Gasteiger partial charge in [-0.2, -0.15) is 4.98 Å². The van der Waals surface area contributed by atoms with Crippen LogP contribution in [0.5, 0.6) is 0 Å². The van der Waals surface area contributed by atoms with Crippen molar-refractivity contribution in [2.75, 3.05) is 19.3 Å². The van der Waals surface area contributed by atoms with Crippen molar-refractivity contribution in [3.8, 4) is 16.9 Å². The second kappa shape index (κ2) is 14.7. The van der Waals surface area contributed by atoms with Crippen LogP contribution in [0.4, 0.5) is 4.39 Å². The summed E-state index contributed by atoms with van der Waals surface area (Å²) in [4.78, 5) is 26.5. The van der Waals surface area contributed by atoms with Gasteiger partial charge in [0.15, 0.2) is 0 Å². The molecular weight excluding hydrogens is 589 g/mol. The number of nitrogens with one attached hydrogen (secondary N) is 4. The molecule has 1 aliphatic heterocycles. The van der Waals surface area contributed by atoms with Gasteiger partial charge in [-0.05, 0) is 94.4 Å². The third-order valence-corrected chi connectivity index (χ3v) is 9.22. The van der Waals surface area contributed by atoms with E-state index in [9.17, 15) is 4.79 Å². The van der Waals surface area contributed by atoms with Crippen molar-refractivity contribution >= 4 is 28.6 Å². The maximum Gasteiger partial charge on any atom is 0.354 e. The first-order valence-corrected chi connectivity index (χ1v) is 16.9. The first-order chi connectivity index (χ1) is 21.7. The Bertz CT molecular complexity index is 1720. The van der Waals surface area contributed by atoms with E-state index in [1.165, 1.54) is 4.57 Å². The fraction of sp³-hybridized carbons (Fsp3) is 0.455. The van der Waals surface area contributed by atoms with Gasteiger partial charge >= 0.3 is 5.69 Å². The van der Waals surface area contributed by atoms with Gasteiger partial charge in [-0.3, -0.25) is 15.0 Å². The average molecular weight is 634 g/mol. The van der Waals surface area contributed by atoms with Crippen LogP contribution in [0.15, 0.2) is 46.3 Å². The summed E-state index contributed by atoms with van der Waals surface area (Å²) in [7, 11) is 0. The minimum absolute atomic E-state index is 0.103. The molecule has 10 nitrogen and oxygen atoms in total. The largest absolute Gasteiger partial charge is 0.373 e. The average Bonchev–Trinajstić information content (AvgIpc) is 3.44. The van der Waals surface area contributed by atoms with Gasteiger partial charge < -0.3 is 27.1 Å². The van der Waals surface area contributed by atoms with Gasteiger partial charge in [0.25, 0.3) is 0 Å². The zero-order valence-corrected chi connectivity index (χ0v) is 27.1. The van der Waals surface area contributed by atoms with Crippen LogP contribution in [-0.2, 0) is 6.42 Å². The van der Waals surface area contributed by atoms with Crippen LogP contribution in [-0.4, -0.2) is 56.8 Å². The van der Waals surface area contributed by atoms with E-state index in [-0.39, 0.29) is 24.4 Å². The molecule has 3 aromatic heterocycles. The number of nitrogens with zero attached hydrogens (tertiary/aromatic N) is 3. The van der Waals surface area contributed by atoms with Crippen molar-refractivity contribution < 1.29 is 4.39 Å². The first kappa shape index (κ1) is 32.8. The highest BCUT2D eigenvalue weighted by Gasteiger charge is 2.25. The molecule has 4 heterocycles. The third kappa shape index (κ3) is 7.81. The summed E-state index contributed by atoms with van der Waals surface area (Å²) < 4.78 is 16.8. The zero-order valence-electron chi connectivity index (χ0n) is 26.3. The van der Waals surface area contributed by atoms with Crippen LogP contribution in [0.3, 0.4) is 0 Å². The van der Waals surface area contributed by atoms with Crippen LogP contribution in [0.1, 0.15) is 68.3 Å². The van der Waals surface area contributed by atoms with Crippen molar-refractivity contribution in [3.63, 3.8) is 0 Å². The SMILES string of the molecule is CSc1cc(-n2cc3cc(-c4cc(CCC[C@H](C)N)cc(C)c4F)[nH]c3nc2=O)cnc1[C@@H]1CCC[C@@H](CCNC(=N)CN)N1. The van der Waals surface area contributed by atoms with E-state index in [0.29, 0.717) is 52.0 Å². The number of rotatable bonds is 12. The molecule has 5 rings (SSSR count). The standard InChI is InChI=1S/C33H44FN9OS/c1-19-12-21(7-4-6-20(2)36)13-25(30(19)34)27-14-22-18-43(33(44)42-32(22)41-27)24-15-28(45-3)31(39-17-24)26-9-5-8-23(40-26)10-11-38-29(37)16-35/h12-15,17-18,20,23,26,40H,4-11,16,35-36H2,1-3H3,(H2,37,38)(H,41,42,44)/t20-,23-,26-/m0/s1. The molecule has 0 bridgehead atoms. The molecule has 0 aliphatic carbocycles. The summed E-state index contributed by atoms with van der Waals surface area (Å²) in [5.74, 6) is 0.0604. The number of H-pyrrole nitrogens is 1. The van der Waals surface area contributed by atoms with Crippen LogP contribution in [0, 0.1) is 18.2 Å². The molecule has 12 heteroatoms. The maximum absolute atomic E-state index is 15.3. The number of nitrogens with two attached hydrogens (primary N) is 2. The molecule has 1 fully saturated rings. The predicted molar refractivity (Wildman–Crippen MR) is 181 cm³/mol. The zero-order chi connectivity index (χ0) is 32.1. The number of pyridine rings is 1. The number of thioether (sulfide) groups is 1. The molecule has 240 valence electrons. The second-order valence-electron chi connectivity index (χ2n) is 12.1. The molecule has 4 aromatic rings. The second-order valence-corrected chi connectivity index (χ2v) is 12.9. The fourth-order valence-corrected chi connectivity index (χ4v) is 6.71. The lowest BCUT2D eigenvalue weighted by atomic mass is 9.94.